The molecule has 0 aliphatic rings. The third kappa shape index (κ3) is 18.6. The average molecular weight is 436 g/mol. The lowest BCUT2D eigenvalue weighted by Gasteiger charge is -2.36. The zero-order valence-corrected chi connectivity index (χ0v) is 22.1. The van der Waals surface area contributed by atoms with Crippen molar-refractivity contribution in [3.05, 3.63) is 12.7 Å². The summed E-state index contributed by atoms with van der Waals surface area (Å²) >= 11 is 0. The van der Waals surface area contributed by atoms with Gasteiger partial charge in [-0.25, -0.2) is 0 Å². The van der Waals surface area contributed by atoms with Gasteiger partial charge in [0.05, 0.1) is 5.54 Å². The normalized spacial score (nSPS) is 12.3. The number of hydrogen-bond acceptors (Lipinski definition) is 2. The molecular weight excluding hydrogens is 378 g/mol. The van der Waals surface area contributed by atoms with Crippen LogP contribution < -0.4 is 5.32 Å². The first-order valence-electron chi connectivity index (χ1n) is 13.7. The average Bonchev–Trinajstić information content (AvgIpc) is 2.71. The molecule has 0 fully saturated rings. The smallest absolute Gasteiger partial charge is 0.174 e. The van der Waals surface area contributed by atoms with Gasteiger partial charge in [-0.3, -0.25) is 4.79 Å². The van der Waals surface area contributed by atoms with Crippen LogP contribution in [0.1, 0.15) is 157 Å². The Labute approximate surface area is 196 Å². The van der Waals surface area contributed by atoms with Crippen molar-refractivity contribution in [2.24, 2.45) is 0 Å². The molecule has 0 atom stereocenters. The number of hydrogen-bond donors (Lipinski definition) is 1. The van der Waals surface area contributed by atoms with Gasteiger partial charge in [0.1, 0.15) is 0 Å². The summed E-state index contributed by atoms with van der Waals surface area (Å²) in [5.41, 5.74) is -0.545. The number of unbranched alkanes of at least 4 members (excludes halogenated alkanes) is 17. The van der Waals surface area contributed by atoms with Crippen LogP contribution in [0.25, 0.3) is 0 Å². The third-order valence-corrected chi connectivity index (χ3v) is 6.61. The van der Waals surface area contributed by atoms with E-state index in [9.17, 15) is 4.79 Å². The molecule has 0 aromatic heterocycles. The minimum absolute atomic E-state index is 0.0166. The minimum Gasteiger partial charge on any atom is -0.300 e. The van der Waals surface area contributed by atoms with Gasteiger partial charge in [-0.1, -0.05) is 129 Å². The maximum Gasteiger partial charge on any atom is 0.174 e. The van der Waals surface area contributed by atoms with E-state index in [0.717, 1.165) is 6.42 Å². The highest BCUT2D eigenvalue weighted by Gasteiger charge is 2.31. The van der Waals surface area contributed by atoms with Crippen LogP contribution in [0, 0.1) is 0 Å². The van der Waals surface area contributed by atoms with Crippen LogP contribution >= 0.6 is 0 Å². The summed E-state index contributed by atoms with van der Waals surface area (Å²) < 4.78 is 0. The molecule has 0 aromatic carbocycles. The van der Waals surface area contributed by atoms with Crippen LogP contribution in [0.15, 0.2) is 12.7 Å². The van der Waals surface area contributed by atoms with Crippen molar-refractivity contribution in [2.45, 2.75) is 168 Å². The zero-order chi connectivity index (χ0) is 23.4. The molecule has 0 heterocycles. The van der Waals surface area contributed by atoms with E-state index in [0.29, 0.717) is 0 Å². The molecule has 0 rings (SSSR count). The molecule has 0 aromatic rings. The lowest BCUT2D eigenvalue weighted by molar-refractivity contribution is -0.120. The van der Waals surface area contributed by atoms with Gasteiger partial charge >= 0.3 is 0 Å². The Bertz CT molecular complexity index is 438. The number of nitrogens with one attached hydrogen (secondary N) is 1. The van der Waals surface area contributed by atoms with Gasteiger partial charge in [-0.15, -0.1) is 0 Å². The minimum atomic E-state index is -0.528. The molecule has 184 valence electrons. The maximum atomic E-state index is 12.0. The van der Waals surface area contributed by atoms with Crippen molar-refractivity contribution < 1.29 is 4.79 Å². The predicted octanol–water partition coefficient (Wildman–Crippen LogP) is 9.32. The fourth-order valence-electron chi connectivity index (χ4n) is 4.69. The van der Waals surface area contributed by atoms with Crippen molar-refractivity contribution in [1.82, 2.24) is 5.32 Å². The van der Waals surface area contributed by atoms with E-state index in [1.165, 1.54) is 122 Å². The first kappa shape index (κ1) is 30.4. The molecule has 0 saturated heterocycles. The second kappa shape index (κ2) is 18.9. The lowest BCUT2D eigenvalue weighted by Crippen LogP contribution is -2.55. The summed E-state index contributed by atoms with van der Waals surface area (Å²) in [6.07, 6.45) is 27.9. The summed E-state index contributed by atoms with van der Waals surface area (Å²) in [6, 6.07) is 0. The van der Waals surface area contributed by atoms with Crippen molar-refractivity contribution in [3.63, 3.8) is 0 Å². The van der Waals surface area contributed by atoms with Gasteiger partial charge in [0.25, 0.3) is 0 Å². The molecule has 0 amide bonds. The van der Waals surface area contributed by atoms with E-state index in [2.05, 4.69) is 32.7 Å². The Morgan fingerprint density at radius 2 is 0.968 bits per heavy atom. The van der Waals surface area contributed by atoms with Crippen molar-refractivity contribution >= 4 is 5.78 Å². The van der Waals surface area contributed by atoms with E-state index < -0.39 is 5.54 Å². The quantitative estimate of drug-likeness (QED) is 0.128. The summed E-state index contributed by atoms with van der Waals surface area (Å²) in [6.45, 7) is 14.2. The second-order valence-corrected chi connectivity index (χ2v) is 11.0. The molecule has 0 aliphatic carbocycles. The number of ketones is 1. The largest absolute Gasteiger partial charge is 0.300 e. The number of carbonyl (C=O) groups is 1. The summed E-state index contributed by atoms with van der Waals surface area (Å²) in [7, 11) is 0. The maximum absolute atomic E-state index is 12.0. The van der Waals surface area contributed by atoms with Crippen molar-refractivity contribution in [1.29, 1.82) is 0 Å². The molecule has 0 aliphatic heterocycles. The Balaban J connectivity index is 3.43. The van der Waals surface area contributed by atoms with Gasteiger partial charge in [0.2, 0.25) is 0 Å². The molecule has 0 saturated carbocycles. The van der Waals surface area contributed by atoms with Crippen LogP contribution in [-0.4, -0.2) is 16.9 Å². The summed E-state index contributed by atoms with van der Waals surface area (Å²) in [5.74, 6) is 0.0679. The van der Waals surface area contributed by atoms with Gasteiger partial charge in [0.15, 0.2) is 5.78 Å². The van der Waals surface area contributed by atoms with Crippen molar-refractivity contribution in [2.75, 3.05) is 0 Å². The van der Waals surface area contributed by atoms with Gasteiger partial charge < -0.3 is 5.32 Å². The highest BCUT2D eigenvalue weighted by Crippen LogP contribution is 2.20. The number of carbonyl (C=O) groups excluding carboxylic acids is 1. The Morgan fingerprint density at radius 3 is 1.29 bits per heavy atom. The molecule has 0 unspecified atom stereocenters. The molecular formula is C29H57NO. The van der Waals surface area contributed by atoms with Crippen molar-refractivity contribution in [3.8, 4) is 0 Å². The molecule has 2 nitrogen and oxygen atoms in total. The van der Waals surface area contributed by atoms with E-state index in [1.54, 1.807) is 0 Å². The molecule has 31 heavy (non-hydrogen) atoms. The van der Waals surface area contributed by atoms with E-state index >= 15 is 0 Å². The Kier molecular flexibility index (Phi) is 18.5. The summed E-state index contributed by atoms with van der Waals surface area (Å²) in [5, 5.41) is 3.52. The molecule has 0 spiro atoms. The molecule has 0 radical (unpaired) electrons. The topological polar surface area (TPSA) is 29.1 Å². The fraction of sp³-hybridized carbons (Fsp3) is 0.897. The van der Waals surface area contributed by atoms with Crippen LogP contribution in [-0.2, 0) is 4.79 Å². The Hall–Kier alpha value is -0.630. The second-order valence-electron chi connectivity index (χ2n) is 11.0. The monoisotopic (exact) mass is 435 g/mol. The fourth-order valence-corrected chi connectivity index (χ4v) is 4.69. The van der Waals surface area contributed by atoms with Gasteiger partial charge in [-0.05, 0) is 40.2 Å². The number of rotatable bonds is 23. The first-order chi connectivity index (χ1) is 14.7. The van der Waals surface area contributed by atoms with Gasteiger partial charge in [0, 0.05) is 5.54 Å². The molecule has 1 N–H and O–H groups in total. The molecule has 0 bridgehead atoms. The standard InChI is InChI=1S/C29H57NO/c1-7-9-10-11-12-13-14-15-16-17-18-19-20-21-22-23-24-25-26-28(3,4)30-29(5,6)27(31)8-2/h8,30H,2,7,9-26H2,1,3-6H3. The van der Waals surface area contributed by atoms with E-state index in [1.807, 2.05) is 13.8 Å². The van der Waals surface area contributed by atoms with E-state index in [-0.39, 0.29) is 11.3 Å². The molecule has 2 heteroatoms. The lowest BCUT2D eigenvalue weighted by atomic mass is 9.89. The Morgan fingerprint density at radius 1 is 0.645 bits per heavy atom. The van der Waals surface area contributed by atoms with Crippen LogP contribution in [0.5, 0.6) is 0 Å². The van der Waals surface area contributed by atoms with Crippen LogP contribution in [0.4, 0.5) is 0 Å². The van der Waals surface area contributed by atoms with Gasteiger partial charge in [-0.2, -0.15) is 0 Å². The van der Waals surface area contributed by atoms with Crippen LogP contribution in [0.2, 0.25) is 0 Å². The SMILES string of the molecule is C=CC(=O)C(C)(C)NC(C)(C)CCCCCCCCCCCCCCCCCCCC. The highest BCUT2D eigenvalue weighted by molar-refractivity contribution is 5.96. The summed E-state index contributed by atoms with van der Waals surface area (Å²) in [4.78, 5) is 12.0. The zero-order valence-electron chi connectivity index (χ0n) is 22.1. The van der Waals surface area contributed by atoms with E-state index in [4.69, 9.17) is 0 Å². The predicted molar refractivity (Wildman–Crippen MR) is 140 cm³/mol. The first-order valence-corrected chi connectivity index (χ1v) is 13.7. The highest BCUT2D eigenvalue weighted by atomic mass is 16.1. The van der Waals surface area contributed by atoms with Crippen LogP contribution in [0.3, 0.4) is 0 Å². The third-order valence-electron chi connectivity index (χ3n) is 6.61.